The highest BCUT2D eigenvalue weighted by atomic mass is 32.2. The first-order valence-corrected chi connectivity index (χ1v) is 6.93. The maximum atomic E-state index is 11.0. The summed E-state index contributed by atoms with van der Waals surface area (Å²) in [6, 6.07) is 0. The summed E-state index contributed by atoms with van der Waals surface area (Å²) in [5.74, 6) is 0.360. The predicted molar refractivity (Wildman–Crippen MR) is 69.3 cm³/mol. The van der Waals surface area contributed by atoms with Crippen molar-refractivity contribution in [2.75, 3.05) is 6.26 Å². The van der Waals surface area contributed by atoms with E-state index < -0.39 is 0 Å². The standard InChI is InChI=1S/C13H20O2S/c1-4-11-6-5-7-13(16-3)12(9-8-11)15-10(2)14/h4,7,11-12H,1,5-6,8-9H2,2-3H3/b13-7+. The highest BCUT2D eigenvalue weighted by Gasteiger charge is 2.20. The minimum atomic E-state index is -0.194. The SMILES string of the molecule is C=CC1CC/C=C(/SC)C(OC(C)=O)CC1. The van der Waals surface area contributed by atoms with Gasteiger partial charge < -0.3 is 4.74 Å². The first-order chi connectivity index (χ1) is 7.67. The summed E-state index contributed by atoms with van der Waals surface area (Å²) in [4.78, 5) is 12.2. The molecule has 16 heavy (non-hydrogen) atoms. The number of allylic oxidation sites excluding steroid dienone is 2. The van der Waals surface area contributed by atoms with Crippen LogP contribution in [0.1, 0.15) is 32.6 Å². The van der Waals surface area contributed by atoms with E-state index in [0.29, 0.717) is 5.92 Å². The van der Waals surface area contributed by atoms with E-state index in [2.05, 4.69) is 12.7 Å². The molecule has 3 heteroatoms. The number of rotatable bonds is 3. The number of carbonyl (C=O) groups excluding carboxylic acids is 1. The molecule has 90 valence electrons. The molecule has 0 radical (unpaired) electrons. The number of thioether (sulfide) groups is 1. The smallest absolute Gasteiger partial charge is 0.303 e. The van der Waals surface area contributed by atoms with Crippen molar-refractivity contribution in [3.05, 3.63) is 23.6 Å². The Kier molecular flexibility index (Phi) is 5.67. The van der Waals surface area contributed by atoms with E-state index in [1.54, 1.807) is 11.8 Å². The lowest BCUT2D eigenvalue weighted by Crippen LogP contribution is -2.20. The number of ether oxygens (including phenoxy) is 1. The highest BCUT2D eigenvalue weighted by Crippen LogP contribution is 2.29. The topological polar surface area (TPSA) is 26.3 Å². The van der Waals surface area contributed by atoms with Crippen molar-refractivity contribution in [2.24, 2.45) is 5.92 Å². The van der Waals surface area contributed by atoms with Crippen LogP contribution in [0, 0.1) is 5.92 Å². The maximum absolute atomic E-state index is 11.0. The monoisotopic (exact) mass is 240 g/mol. The Morgan fingerprint density at radius 1 is 1.56 bits per heavy atom. The van der Waals surface area contributed by atoms with Crippen molar-refractivity contribution < 1.29 is 9.53 Å². The zero-order valence-corrected chi connectivity index (χ0v) is 10.9. The molecule has 1 aliphatic carbocycles. The summed E-state index contributed by atoms with van der Waals surface area (Å²) in [7, 11) is 0. The molecule has 0 spiro atoms. The van der Waals surface area contributed by atoms with Crippen molar-refractivity contribution in [2.45, 2.75) is 38.7 Å². The highest BCUT2D eigenvalue weighted by molar-refractivity contribution is 8.02. The molecule has 0 fully saturated rings. The van der Waals surface area contributed by atoms with Gasteiger partial charge in [-0.15, -0.1) is 18.3 Å². The number of esters is 1. The molecule has 0 bridgehead atoms. The fourth-order valence-electron chi connectivity index (χ4n) is 1.99. The normalized spacial score (nSPS) is 29.5. The fourth-order valence-corrected chi connectivity index (χ4v) is 2.70. The maximum Gasteiger partial charge on any atom is 0.303 e. The Balaban J connectivity index is 2.71. The molecule has 0 aromatic heterocycles. The molecule has 0 amide bonds. The van der Waals surface area contributed by atoms with Gasteiger partial charge >= 0.3 is 5.97 Å². The molecular weight excluding hydrogens is 220 g/mol. The Labute approximate surface area is 102 Å². The predicted octanol–water partition coefficient (Wildman–Crippen LogP) is 3.54. The van der Waals surface area contributed by atoms with E-state index >= 15 is 0 Å². The first kappa shape index (κ1) is 13.4. The van der Waals surface area contributed by atoms with Gasteiger partial charge in [-0.25, -0.2) is 0 Å². The summed E-state index contributed by atoms with van der Waals surface area (Å²) in [5.41, 5.74) is 0. The first-order valence-electron chi connectivity index (χ1n) is 5.71. The Hall–Kier alpha value is -0.700. The van der Waals surface area contributed by atoms with Crippen molar-refractivity contribution in [1.29, 1.82) is 0 Å². The molecule has 0 N–H and O–H groups in total. The molecular formula is C13H20O2S. The van der Waals surface area contributed by atoms with Gasteiger partial charge in [-0.3, -0.25) is 4.79 Å². The van der Waals surface area contributed by atoms with Gasteiger partial charge in [-0.1, -0.05) is 12.2 Å². The van der Waals surface area contributed by atoms with Crippen LogP contribution in [0.4, 0.5) is 0 Å². The lowest BCUT2D eigenvalue weighted by molar-refractivity contribution is -0.144. The van der Waals surface area contributed by atoms with Crippen LogP contribution in [0.3, 0.4) is 0 Å². The summed E-state index contributed by atoms with van der Waals surface area (Å²) in [5, 5.41) is 0. The molecule has 0 saturated carbocycles. The lowest BCUT2D eigenvalue weighted by atomic mass is 9.93. The second kappa shape index (κ2) is 6.79. The Morgan fingerprint density at radius 2 is 2.31 bits per heavy atom. The summed E-state index contributed by atoms with van der Waals surface area (Å²) >= 11 is 1.69. The third-order valence-corrected chi connectivity index (χ3v) is 3.78. The fraction of sp³-hybridized carbons (Fsp3) is 0.615. The number of hydrogen-bond donors (Lipinski definition) is 0. The molecule has 1 aliphatic rings. The van der Waals surface area contributed by atoms with Gasteiger partial charge in [0.05, 0.1) is 0 Å². The van der Waals surface area contributed by atoms with Crippen LogP contribution in [0.5, 0.6) is 0 Å². The van der Waals surface area contributed by atoms with E-state index in [1.807, 2.05) is 12.3 Å². The molecule has 0 aromatic carbocycles. The van der Waals surface area contributed by atoms with E-state index in [0.717, 1.165) is 25.7 Å². The quantitative estimate of drug-likeness (QED) is 0.557. The van der Waals surface area contributed by atoms with Crippen LogP contribution in [-0.2, 0) is 9.53 Å². The number of hydrogen-bond acceptors (Lipinski definition) is 3. The average molecular weight is 240 g/mol. The number of carbonyl (C=O) groups is 1. The molecule has 2 nitrogen and oxygen atoms in total. The van der Waals surface area contributed by atoms with Gasteiger partial charge in [0.15, 0.2) is 0 Å². The summed E-state index contributed by atoms with van der Waals surface area (Å²) < 4.78 is 5.36. The Bertz CT molecular complexity index is 284. The van der Waals surface area contributed by atoms with Crippen LogP contribution in [0.15, 0.2) is 23.6 Å². The molecule has 2 unspecified atom stereocenters. The lowest BCUT2D eigenvalue weighted by Gasteiger charge is -2.23. The average Bonchev–Trinajstić information content (AvgIpc) is 2.23. The minimum absolute atomic E-state index is 0.0461. The van der Waals surface area contributed by atoms with Gasteiger partial charge in [0.2, 0.25) is 0 Å². The molecule has 0 aliphatic heterocycles. The molecule has 1 rings (SSSR count). The summed E-state index contributed by atoms with van der Waals surface area (Å²) in [6.45, 7) is 5.32. The molecule has 0 heterocycles. The van der Waals surface area contributed by atoms with Gasteiger partial charge in [-0.05, 0) is 37.9 Å². The van der Waals surface area contributed by atoms with Crippen LogP contribution in [0.2, 0.25) is 0 Å². The summed E-state index contributed by atoms with van der Waals surface area (Å²) in [6.07, 6.45) is 10.4. The van der Waals surface area contributed by atoms with E-state index in [4.69, 9.17) is 4.74 Å². The molecule has 0 aromatic rings. The Morgan fingerprint density at radius 3 is 2.88 bits per heavy atom. The van der Waals surface area contributed by atoms with Gasteiger partial charge in [-0.2, -0.15) is 0 Å². The zero-order valence-electron chi connectivity index (χ0n) is 10.1. The van der Waals surface area contributed by atoms with E-state index in [1.165, 1.54) is 11.8 Å². The third-order valence-electron chi connectivity index (χ3n) is 2.88. The van der Waals surface area contributed by atoms with Crippen LogP contribution in [-0.4, -0.2) is 18.3 Å². The molecule has 2 atom stereocenters. The molecule has 0 saturated heterocycles. The van der Waals surface area contributed by atoms with Gasteiger partial charge in [0.25, 0.3) is 0 Å². The van der Waals surface area contributed by atoms with Crippen molar-refractivity contribution >= 4 is 17.7 Å². The second-order valence-corrected chi connectivity index (χ2v) is 4.94. The van der Waals surface area contributed by atoms with Gasteiger partial charge in [0.1, 0.15) is 6.10 Å². The van der Waals surface area contributed by atoms with Crippen LogP contribution < -0.4 is 0 Å². The minimum Gasteiger partial charge on any atom is -0.457 e. The van der Waals surface area contributed by atoms with Crippen molar-refractivity contribution in [1.82, 2.24) is 0 Å². The third kappa shape index (κ3) is 4.05. The van der Waals surface area contributed by atoms with E-state index in [9.17, 15) is 4.79 Å². The largest absolute Gasteiger partial charge is 0.457 e. The second-order valence-electron chi connectivity index (χ2n) is 4.06. The van der Waals surface area contributed by atoms with Gasteiger partial charge in [0, 0.05) is 11.8 Å². The van der Waals surface area contributed by atoms with Crippen LogP contribution in [0.25, 0.3) is 0 Å². The van der Waals surface area contributed by atoms with Crippen molar-refractivity contribution in [3.63, 3.8) is 0 Å². The van der Waals surface area contributed by atoms with E-state index in [-0.39, 0.29) is 12.1 Å². The zero-order chi connectivity index (χ0) is 12.0. The van der Waals surface area contributed by atoms with Crippen molar-refractivity contribution in [3.8, 4) is 0 Å². The van der Waals surface area contributed by atoms with Crippen LogP contribution >= 0.6 is 11.8 Å².